The van der Waals surface area contributed by atoms with Gasteiger partial charge >= 0.3 is 0 Å². The number of nitrogens with zero attached hydrogens (tertiary/aromatic N) is 2. The second-order valence-corrected chi connectivity index (χ2v) is 5.69. The van der Waals surface area contributed by atoms with Crippen molar-refractivity contribution in [3.8, 4) is 0 Å². The number of methoxy groups -OCH3 is 2. The number of ether oxygens (including phenoxy) is 2. The van der Waals surface area contributed by atoms with Crippen LogP contribution in [-0.2, 0) is 22.4 Å². The Morgan fingerprint density at radius 1 is 1.08 bits per heavy atom. The monoisotopic (exact) mass is 338 g/mol. The number of amides is 2. The fourth-order valence-electron chi connectivity index (χ4n) is 2.75. The van der Waals surface area contributed by atoms with E-state index >= 15 is 0 Å². The first-order chi connectivity index (χ1) is 11.7. The normalized spacial score (nSPS) is 13.4. The Morgan fingerprint density at radius 2 is 1.83 bits per heavy atom. The van der Waals surface area contributed by atoms with Crippen LogP contribution < -0.4 is 10.6 Å². The average molecular weight is 338 g/mol. The summed E-state index contributed by atoms with van der Waals surface area (Å²) in [5.41, 5.74) is 1.20. The van der Waals surface area contributed by atoms with Gasteiger partial charge in [0.05, 0.1) is 12.3 Å². The Labute approximate surface area is 141 Å². The van der Waals surface area contributed by atoms with E-state index in [2.05, 4.69) is 15.6 Å². The Hall–Kier alpha value is -1.93. The Balaban J connectivity index is 2.11. The number of hydrogen-bond acceptors (Lipinski definition) is 5. The zero-order chi connectivity index (χ0) is 17.4. The number of nitrogens with one attached hydrogen (secondary N) is 2. The van der Waals surface area contributed by atoms with Crippen molar-refractivity contribution in [3.63, 3.8) is 0 Å². The van der Waals surface area contributed by atoms with Gasteiger partial charge in [0.2, 0.25) is 0 Å². The van der Waals surface area contributed by atoms with E-state index in [1.807, 2.05) is 4.57 Å². The van der Waals surface area contributed by atoms with Crippen molar-refractivity contribution in [2.75, 3.05) is 40.5 Å². The SMILES string of the molecule is COCCCNC(=O)c1nc(C(=O)NCCOC)c2n1CCCC2. The van der Waals surface area contributed by atoms with Crippen molar-refractivity contribution < 1.29 is 19.1 Å². The van der Waals surface area contributed by atoms with Gasteiger partial charge in [-0.1, -0.05) is 0 Å². The molecule has 134 valence electrons. The van der Waals surface area contributed by atoms with Crippen LogP contribution >= 0.6 is 0 Å². The molecule has 0 aromatic carbocycles. The molecule has 24 heavy (non-hydrogen) atoms. The van der Waals surface area contributed by atoms with E-state index in [9.17, 15) is 9.59 Å². The smallest absolute Gasteiger partial charge is 0.287 e. The second kappa shape index (κ2) is 9.39. The van der Waals surface area contributed by atoms with Crippen molar-refractivity contribution in [2.24, 2.45) is 0 Å². The molecule has 1 aliphatic rings. The van der Waals surface area contributed by atoms with Gasteiger partial charge in [-0.2, -0.15) is 0 Å². The number of carbonyl (C=O) groups is 2. The third kappa shape index (κ3) is 4.55. The molecular formula is C16H26N4O4. The molecule has 0 saturated carbocycles. The average Bonchev–Trinajstić information content (AvgIpc) is 2.98. The maximum Gasteiger partial charge on any atom is 0.287 e. The number of hydrogen-bond donors (Lipinski definition) is 2. The van der Waals surface area contributed by atoms with E-state index < -0.39 is 0 Å². The minimum Gasteiger partial charge on any atom is -0.385 e. The second-order valence-electron chi connectivity index (χ2n) is 5.69. The molecule has 2 rings (SSSR count). The molecule has 1 aromatic rings. The summed E-state index contributed by atoms with van der Waals surface area (Å²) in [5.74, 6) is -0.180. The summed E-state index contributed by atoms with van der Waals surface area (Å²) in [6.07, 6.45) is 3.48. The van der Waals surface area contributed by atoms with Crippen molar-refractivity contribution >= 4 is 11.8 Å². The molecule has 2 heterocycles. The molecule has 8 heteroatoms. The molecule has 0 aliphatic carbocycles. The van der Waals surface area contributed by atoms with Gasteiger partial charge in [0.1, 0.15) is 5.69 Å². The van der Waals surface area contributed by atoms with Crippen LogP contribution in [0.4, 0.5) is 0 Å². The van der Waals surface area contributed by atoms with Crippen LogP contribution in [-0.4, -0.2) is 61.9 Å². The summed E-state index contributed by atoms with van der Waals surface area (Å²) in [4.78, 5) is 29.1. The summed E-state index contributed by atoms with van der Waals surface area (Å²) >= 11 is 0. The quantitative estimate of drug-likeness (QED) is 0.634. The highest BCUT2D eigenvalue weighted by atomic mass is 16.5. The molecule has 1 aromatic heterocycles. The topological polar surface area (TPSA) is 94.5 Å². The molecule has 0 fully saturated rings. The van der Waals surface area contributed by atoms with E-state index in [1.54, 1.807) is 14.2 Å². The molecule has 0 atom stereocenters. The predicted molar refractivity (Wildman–Crippen MR) is 88.2 cm³/mol. The molecule has 2 N–H and O–H groups in total. The first kappa shape index (κ1) is 18.4. The first-order valence-corrected chi connectivity index (χ1v) is 8.32. The summed E-state index contributed by atoms with van der Waals surface area (Å²) in [6.45, 7) is 2.68. The minimum absolute atomic E-state index is 0.245. The molecule has 1 aliphatic heterocycles. The van der Waals surface area contributed by atoms with E-state index in [4.69, 9.17) is 9.47 Å². The highest BCUT2D eigenvalue weighted by Gasteiger charge is 2.27. The summed E-state index contributed by atoms with van der Waals surface area (Å²) < 4.78 is 11.8. The Bertz CT molecular complexity index is 571. The maximum atomic E-state index is 12.4. The number of rotatable bonds is 9. The van der Waals surface area contributed by atoms with E-state index in [0.717, 1.165) is 31.4 Å². The van der Waals surface area contributed by atoms with Gasteiger partial charge in [-0.05, 0) is 25.7 Å². The zero-order valence-corrected chi connectivity index (χ0v) is 14.4. The number of imidazole rings is 1. The van der Waals surface area contributed by atoms with Crippen molar-refractivity contribution in [2.45, 2.75) is 32.2 Å². The van der Waals surface area contributed by atoms with Crippen molar-refractivity contribution in [3.05, 3.63) is 17.2 Å². The first-order valence-electron chi connectivity index (χ1n) is 8.32. The van der Waals surface area contributed by atoms with Crippen LogP contribution in [0.2, 0.25) is 0 Å². The zero-order valence-electron chi connectivity index (χ0n) is 14.4. The lowest BCUT2D eigenvalue weighted by molar-refractivity contribution is 0.0930. The van der Waals surface area contributed by atoms with Crippen molar-refractivity contribution in [1.82, 2.24) is 20.2 Å². The number of fused-ring (bicyclic) bond motifs is 1. The third-order valence-corrected chi connectivity index (χ3v) is 3.94. The maximum absolute atomic E-state index is 12.4. The van der Waals surface area contributed by atoms with Crippen LogP contribution in [0, 0.1) is 0 Å². The van der Waals surface area contributed by atoms with E-state index in [0.29, 0.717) is 44.4 Å². The molecule has 0 spiro atoms. The summed E-state index contributed by atoms with van der Waals surface area (Å²) in [7, 11) is 3.21. The highest BCUT2D eigenvalue weighted by Crippen LogP contribution is 2.21. The van der Waals surface area contributed by atoms with Gasteiger partial charge < -0.3 is 24.7 Å². The molecule has 2 amide bonds. The largest absolute Gasteiger partial charge is 0.385 e. The van der Waals surface area contributed by atoms with Crippen LogP contribution in [0.1, 0.15) is 46.1 Å². The predicted octanol–water partition coefficient (Wildman–Crippen LogP) is 0.362. The van der Waals surface area contributed by atoms with E-state index in [-0.39, 0.29) is 11.8 Å². The van der Waals surface area contributed by atoms with Crippen LogP contribution in [0.25, 0.3) is 0 Å². The van der Waals surface area contributed by atoms with Crippen LogP contribution in [0.5, 0.6) is 0 Å². The lowest BCUT2D eigenvalue weighted by Gasteiger charge is -2.17. The minimum atomic E-state index is -0.254. The standard InChI is InChI=1S/C16H26N4O4/c1-23-10-5-7-17-16(22)14-19-13(15(21)18-8-11-24-2)12-6-3-4-9-20(12)14/h3-11H2,1-2H3,(H,17,22)(H,18,21). The molecule has 0 radical (unpaired) electrons. The van der Waals surface area contributed by atoms with Crippen LogP contribution in [0.15, 0.2) is 0 Å². The Morgan fingerprint density at radius 3 is 2.58 bits per heavy atom. The lowest BCUT2D eigenvalue weighted by Crippen LogP contribution is -2.29. The number of carbonyl (C=O) groups excluding carboxylic acids is 2. The van der Waals surface area contributed by atoms with Gasteiger partial charge in [-0.3, -0.25) is 9.59 Å². The number of aromatic nitrogens is 2. The van der Waals surface area contributed by atoms with E-state index in [1.165, 1.54) is 0 Å². The van der Waals surface area contributed by atoms with Gasteiger partial charge in [-0.25, -0.2) is 4.98 Å². The highest BCUT2D eigenvalue weighted by molar-refractivity contribution is 5.97. The van der Waals surface area contributed by atoms with Crippen molar-refractivity contribution in [1.29, 1.82) is 0 Å². The summed E-state index contributed by atoms with van der Waals surface area (Å²) in [6, 6.07) is 0. The molecule has 8 nitrogen and oxygen atoms in total. The fraction of sp³-hybridized carbons (Fsp3) is 0.688. The lowest BCUT2D eigenvalue weighted by atomic mass is 10.1. The molecular weight excluding hydrogens is 312 g/mol. The van der Waals surface area contributed by atoms with Gasteiger partial charge in [0.15, 0.2) is 5.82 Å². The van der Waals surface area contributed by atoms with Gasteiger partial charge in [0, 0.05) is 40.5 Å². The molecule has 0 bridgehead atoms. The Kier molecular flexibility index (Phi) is 7.20. The third-order valence-electron chi connectivity index (χ3n) is 3.94. The fourth-order valence-corrected chi connectivity index (χ4v) is 2.75. The molecule has 0 unspecified atom stereocenters. The summed E-state index contributed by atoms with van der Waals surface area (Å²) in [5, 5.41) is 5.61. The molecule has 0 saturated heterocycles. The van der Waals surface area contributed by atoms with Gasteiger partial charge in [-0.15, -0.1) is 0 Å². The van der Waals surface area contributed by atoms with Gasteiger partial charge in [0.25, 0.3) is 11.8 Å². The van der Waals surface area contributed by atoms with Crippen LogP contribution in [0.3, 0.4) is 0 Å².